The lowest BCUT2D eigenvalue weighted by molar-refractivity contribution is 0.0383. The number of hydrogen-bond acceptors (Lipinski definition) is 5. The number of aryl methyl sites for hydroxylation is 2. The Labute approximate surface area is 164 Å². The van der Waals surface area contributed by atoms with Crippen molar-refractivity contribution in [1.29, 1.82) is 0 Å². The summed E-state index contributed by atoms with van der Waals surface area (Å²) >= 11 is 0. The molecule has 4 rings (SSSR count). The Bertz CT molecular complexity index is 992. The van der Waals surface area contributed by atoms with Gasteiger partial charge in [0.25, 0.3) is 5.91 Å². The molecule has 0 unspecified atom stereocenters. The van der Waals surface area contributed by atoms with Gasteiger partial charge in [-0.2, -0.15) is 5.10 Å². The molecule has 1 saturated heterocycles. The quantitative estimate of drug-likeness (QED) is 0.735. The zero-order valence-corrected chi connectivity index (χ0v) is 16.3. The maximum Gasteiger partial charge on any atom is 0.256 e. The van der Waals surface area contributed by atoms with E-state index < -0.39 is 0 Å². The molecule has 3 aromatic rings. The Morgan fingerprint density at radius 3 is 2.79 bits per heavy atom. The van der Waals surface area contributed by atoms with E-state index in [1.165, 1.54) is 11.1 Å². The van der Waals surface area contributed by atoms with Crippen molar-refractivity contribution in [3.8, 4) is 11.3 Å². The highest BCUT2D eigenvalue weighted by Gasteiger charge is 2.17. The molecular weight excluding hydrogens is 354 g/mol. The predicted molar refractivity (Wildman–Crippen MR) is 107 cm³/mol. The highest BCUT2D eigenvalue weighted by Crippen LogP contribution is 2.23. The number of rotatable bonds is 5. The van der Waals surface area contributed by atoms with Gasteiger partial charge in [0.1, 0.15) is 5.56 Å². The molecule has 1 N–H and O–H groups in total. The standard InChI is InChI=1S/C21H25N5O2/c1-15-3-4-17(13-16(15)2)19-5-6-22-20-18(14-24-26(19)20)21(27)23-7-8-25-9-11-28-12-10-25/h3-6,13-14H,7-12H2,1-2H3,(H,23,27). The number of hydrogen-bond donors (Lipinski definition) is 1. The summed E-state index contributed by atoms with van der Waals surface area (Å²) in [6.45, 7) is 8.92. The minimum absolute atomic E-state index is 0.145. The summed E-state index contributed by atoms with van der Waals surface area (Å²) in [7, 11) is 0. The van der Waals surface area contributed by atoms with Crippen molar-refractivity contribution in [3.63, 3.8) is 0 Å². The molecule has 1 fully saturated rings. The van der Waals surface area contributed by atoms with E-state index >= 15 is 0 Å². The maximum absolute atomic E-state index is 12.7. The second-order valence-corrected chi connectivity index (χ2v) is 7.13. The van der Waals surface area contributed by atoms with Crippen LogP contribution < -0.4 is 5.32 Å². The first-order valence-electron chi connectivity index (χ1n) is 9.62. The smallest absolute Gasteiger partial charge is 0.256 e. The van der Waals surface area contributed by atoms with E-state index in [0.29, 0.717) is 17.8 Å². The summed E-state index contributed by atoms with van der Waals surface area (Å²) < 4.78 is 7.08. The van der Waals surface area contributed by atoms with Gasteiger partial charge >= 0.3 is 0 Å². The monoisotopic (exact) mass is 379 g/mol. The first kappa shape index (κ1) is 18.6. The van der Waals surface area contributed by atoms with Gasteiger partial charge < -0.3 is 10.1 Å². The molecule has 3 heterocycles. The third-order valence-electron chi connectivity index (χ3n) is 5.27. The lowest BCUT2D eigenvalue weighted by Crippen LogP contribution is -2.41. The molecule has 0 radical (unpaired) electrons. The Morgan fingerprint density at radius 1 is 1.18 bits per heavy atom. The largest absolute Gasteiger partial charge is 0.379 e. The Balaban J connectivity index is 1.52. The number of morpholine rings is 1. The maximum atomic E-state index is 12.7. The fourth-order valence-electron chi connectivity index (χ4n) is 3.42. The van der Waals surface area contributed by atoms with Crippen LogP contribution >= 0.6 is 0 Å². The number of carbonyl (C=O) groups excluding carboxylic acids is 1. The summed E-state index contributed by atoms with van der Waals surface area (Å²) in [6.07, 6.45) is 3.32. The van der Waals surface area contributed by atoms with Crippen LogP contribution in [0.15, 0.2) is 36.7 Å². The number of nitrogens with one attached hydrogen (secondary N) is 1. The second-order valence-electron chi connectivity index (χ2n) is 7.13. The number of amides is 1. The summed E-state index contributed by atoms with van der Waals surface area (Å²) in [5.41, 5.74) is 5.50. The van der Waals surface area contributed by atoms with Crippen LogP contribution in [0.5, 0.6) is 0 Å². The number of ether oxygens (including phenoxy) is 1. The van der Waals surface area contributed by atoms with Gasteiger partial charge in [-0.3, -0.25) is 9.69 Å². The fourth-order valence-corrected chi connectivity index (χ4v) is 3.42. The van der Waals surface area contributed by atoms with Crippen molar-refractivity contribution in [3.05, 3.63) is 53.3 Å². The molecule has 1 aliphatic heterocycles. The van der Waals surface area contributed by atoms with Gasteiger partial charge in [0.2, 0.25) is 0 Å². The summed E-state index contributed by atoms with van der Waals surface area (Å²) in [6, 6.07) is 8.22. The molecule has 0 atom stereocenters. The molecular formula is C21H25N5O2. The Morgan fingerprint density at radius 2 is 2.00 bits per heavy atom. The van der Waals surface area contributed by atoms with Crippen LogP contribution in [0.1, 0.15) is 21.5 Å². The van der Waals surface area contributed by atoms with Gasteiger partial charge in [-0.1, -0.05) is 12.1 Å². The highest BCUT2D eigenvalue weighted by atomic mass is 16.5. The topological polar surface area (TPSA) is 71.8 Å². The Kier molecular flexibility index (Phi) is 5.36. The zero-order valence-electron chi connectivity index (χ0n) is 16.3. The summed E-state index contributed by atoms with van der Waals surface area (Å²) in [5, 5.41) is 7.42. The molecule has 1 aliphatic rings. The van der Waals surface area contributed by atoms with E-state index in [9.17, 15) is 4.79 Å². The first-order valence-corrected chi connectivity index (χ1v) is 9.62. The van der Waals surface area contributed by atoms with Crippen LogP contribution in [0.2, 0.25) is 0 Å². The molecule has 1 amide bonds. The van der Waals surface area contributed by atoms with Crippen molar-refractivity contribution in [1.82, 2.24) is 24.8 Å². The van der Waals surface area contributed by atoms with Crippen molar-refractivity contribution in [2.75, 3.05) is 39.4 Å². The number of benzene rings is 1. The van der Waals surface area contributed by atoms with Crippen LogP contribution in [0.4, 0.5) is 0 Å². The summed E-state index contributed by atoms with van der Waals surface area (Å²) in [4.78, 5) is 19.3. The molecule has 0 saturated carbocycles. The Hall–Kier alpha value is -2.77. The van der Waals surface area contributed by atoms with Crippen molar-refractivity contribution in [2.45, 2.75) is 13.8 Å². The fraction of sp³-hybridized carbons (Fsp3) is 0.381. The van der Waals surface area contributed by atoms with Crippen LogP contribution in [0, 0.1) is 13.8 Å². The number of carbonyl (C=O) groups is 1. The van der Waals surface area contributed by atoms with Crippen molar-refractivity contribution < 1.29 is 9.53 Å². The molecule has 0 spiro atoms. The minimum atomic E-state index is -0.145. The molecule has 0 bridgehead atoms. The molecule has 0 aliphatic carbocycles. The van der Waals surface area contributed by atoms with E-state index in [1.54, 1.807) is 16.9 Å². The van der Waals surface area contributed by atoms with Crippen LogP contribution in [0.3, 0.4) is 0 Å². The van der Waals surface area contributed by atoms with Crippen molar-refractivity contribution >= 4 is 11.6 Å². The van der Waals surface area contributed by atoms with E-state index in [-0.39, 0.29) is 5.91 Å². The molecule has 7 nitrogen and oxygen atoms in total. The zero-order chi connectivity index (χ0) is 19.5. The third-order valence-corrected chi connectivity index (χ3v) is 5.27. The predicted octanol–water partition coefficient (Wildman–Crippen LogP) is 2.08. The van der Waals surface area contributed by atoms with Crippen LogP contribution in [0.25, 0.3) is 16.9 Å². The van der Waals surface area contributed by atoms with Crippen molar-refractivity contribution in [2.24, 2.45) is 0 Å². The van der Waals surface area contributed by atoms with Gasteiger partial charge in [0, 0.05) is 37.9 Å². The highest BCUT2D eigenvalue weighted by molar-refractivity contribution is 5.99. The molecule has 28 heavy (non-hydrogen) atoms. The summed E-state index contributed by atoms with van der Waals surface area (Å²) in [5.74, 6) is -0.145. The average molecular weight is 379 g/mol. The van der Waals surface area contributed by atoms with Gasteiger partial charge in [0.15, 0.2) is 5.65 Å². The lowest BCUT2D eigenvalue weighted by Gasteiger charge is -2.26. The molecule has 7 heteroatoms. The van der Waals surface area contributed by atoms with Gasteiger partial charge in [-0.15, -0.1) is 0 Å². The minimum Gasteiger partial charge on any atom is -0.379 e. The lowest BCUT2D eigenvalue weighted by atomic mass is 10.0. The number of nitrogens with zero attached hydrogens (tertiary/aromatic N) is 4. The average Bonchev–Trinajstić information content (AvgIpc) is 3.15. The SMILES string of the molecule is Cc1ccc(-c2ccnc3c(C(=O)NCCN4CCOCC4)cnn23)cc1C. The van der Waals surface area contributed by atoms with E-state index in [0.717, 1.165) is 44.1 Å². The number of aromatic nitrogens is 3. The van der Waals surface area contributed by atoms with Gasteiger partial charge in [-0.25, -0.2) is 9.50 Å². The van der Waals surface area contributed by atoms with Crippen LogP contribution in [-0.2, 0) is 4.74 Å². The normalized spacial score (nSPS) is 15.1. The molecule has 146 valence electrons. The number of fused-ring (bicyclic) bond motifs is 1. The van der Waals surface area contributed by atoms with E-state index in [4.69, 9.17) is 4.74 Å². The van der Waals surface area contributed by atoms with E-state index in [1.807, 2.05) is 6.07 Å². The first-order chi connectivity index (χ1) is 13.6. The molecule has 2 aromatic heterocycles. The van der Waals surface area contributed by atoms with Gasteiger partial charge in [0.05, 0.1) is 25.1 Å². The van der Waals surface area contributed by atoms with E-state index in [2.05, 4.69) is 52.3 Å². The third kappa shape index (κ3) is 3.76. The second kappa shape index (κ2) is 8.08. The van der Waals surface area contributed by atoms with Gasteiger partial charge in [-0.05, 0) is 37.1 Å². The molecule has 1 aromatic carbocycles. The van der Waals surface area contributed by atoms with Crippen LogP contribution in [-0.4, -0.2) is 64.8 Å².